The predicted molar refractivity (Wildman–Crippen MR) is 124 cm³/mol. The van der Waals surface area contributed by atoms with Crippen molar-refractivity contribution in [1.29, 1.82) is 0 Å². The van der Waals surface area contributed by atoms with Crippen molar-refractivity contribution in [1.82, 2.24) is 14.5 Å². The van der Waals surface area contributed by atoms with Gasteiger partial charge in [0, 0.05) is 39.3 Å². The largest absolute Gasteiger partial charge is 0.483 e. The molecular weight excluding hydrogens is 414 g/mol. The van der Waals surface area contributed by atoms with Gasteiger partial charge in [0.15, 0.2) is 0 Å². The number of carbonyl (C=O) groups is 1. The molecule has 2 fully saturated rings. The number of nitrogens with zero attached hydrogens (tertiary/aromatic N) is 2. The number of nitrogens with one attached hydrogen (secondary N) is 1. The first-order chi connectivity index (χ1) is 14.3. The highest BCUT2D eigenvalue weighted by Crippen LogP contribution is 2.46. The topological polar surface area (TPSA) is 90.0 Å². The zero-order valence-corrected chi connectivity index (χ0v) is 20.7. The van der Waals surface area contributed by atoms with E-state index < -0.39 is 10.0 Å². The van der Waals surface area contributed by atoms with Crippen molar-refractivity contribution in [3.05, 3.63) is 28.8 Å². The average molecular weight is 454 g/mol. The molecule has 0 bridgehead atoms. The van der Waals surface area contributed by atoms with Gasteiger partial charge in [0.25, 0.3) is 6.47 Å². The summed E-state index contributed by atoms with van der Waals surface area (Å²) in [5.74, 6) is 0. The van der Waals surface area contributed by atoms with E-state index in [0.29, 0.717) is 11.4 Å². The van der Waals surface area contributed by atoms with Gasteiger partial charge in [-0.3, -0.25) is 4.79 Å². The molecule has 1 aliphatic heterocycles. The van der Waals surface area contributed by atoms with E-state index in [-0.39, 0.29) is 17.3 Å². The van der Waals surface area contributed by atoms with Crippen LogP contribution in [0.15, 0.2) is 17.0 Å². The summed E-state index contributed by atoms with van der Waals surface area (Å²) in [5.41, 5.74) is 2.99. The number of piperazine rings is 1. The molecule has 1 saturated heterocycles. The van der Waals surface area contributed by atoms with Gasteiger partial charge in [-0.2, -0.15) is 0 Å². The van der Waals surface area contributed by atoms with Crippen LogP contribution in [0.3, 0.4) is 0 Å². The van der Waals surface area contributed by atoms with Crippen LogP contribution in [0.5, 0.6) is 0 Å². The molecular formula is C23H39N3O4S. The molecule has 0 amide bonds. The predicted octanol–water partition coefficient (Wildman–Crippen LogP) is 2.61. The van der Waals surface area contributed by atoms with E-state index >= 15 is 0 Å². The lowest BCUT2D eigenvalue weighted by Crippen LogP contribution is -2.47. The summed E-state index contributed by atoms with van der Waals surface area (Å²) in [6.45, 7) is 15.9. The fourth-order valence-corrected chi connectivity index (χ4v) is 5.41. The minimum absolute atomic E-state index is 0.0815. The molecule has 0 atom stereocenters. The van der Waals surface area contributed by atoms with Crippen LogP contribution in [0.25, 0.3) is 0 Å². The fraction of sp³-hybridized carbons (Fsp3) is 0.696. The molecule has 7 nitrogen and oxygen atoms in total. The minimum atomic E-state index is -3.52. The van der Waals surface area contributed by atoms with Gasteiger partial charge in [-0.05, 0) is 67.3 Å². The third-order valence-corrected chi connectivity index (χ3v) is 8.05. The highest BCUT2D eigenvalue weighted by molar-refractivity contribution is 7.89. The Labute approximate surface area is 187 Å². The number of benzene rings is 1. The minimum Gasteiger partial charge on any atom is -0.483 e. The quantitative estimate of drug-likeness (QED) is 0.644. The summed E-state index contributed by atoms with van der Waals surface area (Å²) in [6, 6.07) is 3.98. The van der Waals surface area contributed by atoms with E-state index in [1.807, 2.05) is 19.9 Å². The van der Waals surface area contributed by atoms with Crippen molar-refractivity contribution in [2.75, 3.05) is 46.3 Å². The number of aryl methyl sites for hydroxylation is 1. The maximum Gasteiger partial charge on any atom is 0.290 e. The van der Waals surface area contributed by atoms with E-state index in [1.165, 1.54) is 0 Å². The second kappa shape index (κ2) is 9.98. The summed E-state index contributed by atoms with van der Waals surface area (Å²) >= 11 is 0. The van der Waals surface area contributed by atoms with Gasteiger partial charge in [-0.15, -0.1) is 0 Å². The Hall–Kier alpha value is -1.48. The normalized spacial score (nSPS) is 19.4. The molecule has 8 heteroatoms. The molecule has 0 radical (unpaired) electrons. The van der Waals surface area contributed by atoms with Crippen LogP contribution in [0.4, 0.5) is 0 Å². The third-order valence-electron chi connectivity index (χ3n) is 6.52. The van der Waals surface area contributed by atoms with Gasteiger partial charge in [0.2, 0.25) is 10.0 Å². The Morgan fingerprint density at radius 2 is 1.68 bits per heavy atom. The van der Waals surface area contributed by atoms with Crippen LogP contribution < -0.4 is 4.72 Å². The maximum atomic E-state index is 13.2. The Kier molecular flexibility index (Phi) is 8.30. The molecule has 2 aliphatic rings. The zero-order chi connectivity index (χ0) is 23.4. The molecule has 31 heavy (non-hydrogen) atoms. The second-order valence-electron chi connectivity index (χ2n) is 10.2. The van der Waals surface area contributed by atoms with E-state index in [1.54, 1.807) is 0 Å². The fourth-order valence-electron chi connectivity index (χ4n) is 3.91. The first-order valence-corrected chi connectivity index (χ1v) is 12.4. The smallest absolute Gasteiger partial charge is 0.290 e. The summed E-state index contributed by atoms with van der Waals surface area (Å²) in [4.78, 5) is 13.6. The highest BCUT2D eigenvalue weighted by atomic mass is 32.2. The van der Waals surface area contributed by atoms with Gasteiger partial charge in [-0.25, -0.2) is 13.1 Å². The number of carboxylic acid groups (broad SMARTS) is 1. The van der Waals surface area contributed by atoms with Crippen molar-refractivity contribution >= 4 is 16.5 Å². The van der Waals surface area contributed by atoms with Gasteiger partial charge in [-0.1, -0.05) is 26.8 Å². The maximum absolute atomic E-state index is 13.2. The van der Waals surface area contributed by atoms with Crippen LogP contribution in [-0.2, 0) is 20.2 Å². The van der Waals surface area contributed by atoms with Crippen LogP contribution in [-0.4, -0.2) is 76.1 Å². The summed E-state index contributed by atoms with van der Waals surface area (Å²) < 4.78 is 29.3. The molecule has 0 aromatic heterocycles. The molecule has 1 saturated carbocycles. The lowest BCUT2D eigenvalue weighted by molar-refractivity contribution is -0.122. The van der Waals surface area contributed by atoms with Crippen molar-refractivity contribution in [2.45, 2.75) is 57.8 Å². The molecule has 3 rings (SSSR count). The third kappa shape index (κ3) is 7.00. The van der Waals surface area contributed by atoms with Crippen molar-refractivity contribution in [3.63, 3.8) is 0 Å². The molecule has 0 unspecified atom stereocenters. The zero-order valence-electron chi connectivity index (χ0n) is 19.9. The molecule has 0 spiro atoms. The van der Waals surface area contributed by atoms with E-state index in [9.17, 15) is 8.42 Å². The summed E-state index contributed by atoms with van der Waals surface area (Å²) in [5, 5.41) is 6.89. The summed E-state index contributed by atoms with van der Waals surface area (Å²) in [6.07, 6.45) is 2.23. The van der Waals surface area contributed by atoms with Gasteiger partial charge < -0.3 is 14.9 Å². The number of hydrogen-bond donors (Lipinski definition) is 2. The van der Waals surface area contributed by atoms with Gasteiger partial charge in [0.1, 0.15) is 0 Å². The second-order valence-corrected chi connectivity index (χ2v) is 11.9. The van der Waals surface area contributed by atoms with Crippen LogP contribution in [0.2, 0.25) is 0 Å². The molecule has 1 heterocycles. The molecule has 2 N–H and O–H groups in total. The highest BCUT2D eigenvalue weighted by Gasteiger charge is 2.44. The monoisotopic (exact) mass is 453 g/mol. The first kappa shape index (κ1) is 25.8. The Morgan fingerprint density at radius 1 is 1.13 bits per heavy atom. The Balaban J connectivity index is 0.00000107. The number of likely N-dealkylation sites (N-methyl/N-ethyl adjacent to an activating group) is 1. The van der Waals surface area contributed by atoms with Crippen molar-refractivity contribution in [2.24, 2.45) is 5.41 Å². The first-order valence-electron chi connectivity index (χ1n) is 10.9. The van der Waals surface area contributed by atoms with Gasteiger partial charge >= 0.3 is 0 Å². The van der Waals surface area contributed by atoms with E-state index in [2.05, 4.69) is 48.4 Å². The van der Waals surface area contributed by atoms with Crippen LogP contribution in [0, 0.1) is 19.3 Å². The molecule has 1 aromatic rings. The van der Waals surface area contributed by atoms with Gasteiger partial charge in [0.05, 0.1) is 4.90 Å². The molecule has 1 aromatic carbocycles. The number of rotatable bonds is 6. The van der Waals surface area contributed by atoms with Crippen LogP contribution in [0.1, 0.15) is 50.3 Å². The van der Waals surface area contributed by atoms with E-state index in [0.717, 1.165) is 62.3 Å². The van der Waals surface area contributed by atoms with E-state index in [4.69, 9.17) is 9.90 Å². The Morgan fingerprint density at radius 3 is 2.16 bits per heavy atom. The molecule has 1 aliphatic carbocycles. The average Bonchev–Trinajstić information content (AvgIpc) is 3.44. The van der Waals surface area contributed by atoms with Crippen molar-refractivity contribution in [3.8, 4) is 0 Å². The standard InChI is InChI=1S/C22H37N3O2S.CH2O2/c1-17-13-19(21(3,4)5)14-20(18(17)2)28(26,27)23-15-22(7-8-22)16-25-11-9-24(6)10-12-25;2-1-3/h13-14,23H,7-12,15-16H2,1-6H3;1H,(H,2,3). The number of sulfonamides is 1. The van der Waals surface area contributed by atoms with Crippen LogP contribution >= 0.6 is 0 Å². The van der Waals surface area contributed by atoms with Crippen molar-refractivity contribution < 1.29 is 18.3 Å². The molecule has 176 valence electrons. The lowest BCUT2D eigenvalue weighted by atomic mass is 9.85. The lowest BCUT2D eigenvalue weighted by Gasteiger charge is -2.35. The summed E-state index contributed by atoms with van der Waals surface area (Å²) in [7, 11) is -1.35. The SMILES string of the molecule is Cc1cc(C(C)(C)C)cc(S(=O)(=O)NCC2(CN3CCN(C)CC3)CC2)c1C.O=CO. The Bertz CT molecular complexity index is 866. The number of hydrogen-bond acceptors (Lipinski definition) is 5.